The number of sulfonamides is 1. The quantitative estimate of drug-likeness (QED) is 0.873. The maximum Gasteiger partial charge on any atom is 0.240 e. The summed E-state index contributed by atoms with van der Waals surface area (Å²) in [7, 11) is -1.87. The second-order valence-corrected chi connectivity index (χ2v) is 6.16. The van der Waals surface area contributed by atoms with Crippen LogP contribution in [0.15, 0.2) is 23.1 Å². The second-order valence-electron chi connectivity index (χ2n) is 4.44. The third-order valence-corrected chi connectivity index (χ3v) is 4.58. The van der Waals surface area contributed by atoms with Gasteiger partial charge in [0.25, 0.3) is 0 Å². The fraction of sp³-hybridized carbons (Fsp3) is 0.500. The van der Waals surface area contributed by atoms with Gasteiger partial charge in [0.15, 0.2) is 0 Å². The Hall–Kier alpha value is -0.820. The molecule has 0 aromatic heterocycles. The summed E-state index contributed by atoms with van der Waals surface area (Å²) in [6, 6.07) is 4.86. The lowest BCUT2D eigenvalue weighted by Gasteiger charge is -2.13. The van der Waals surface area contributed by atoms with Crippen LogP contribution in [-0.2, 0) is 10.0 Å². The molecular formula is C12H19ClN2O3S. The van der Waals surface area contributed by atoms with E-state index in [9.17, 15) is 8.42 Å². The zero-order chi connectivity index (χ0) is 13.2. The van der Waals surface area contributed by atoms with Crippen molar-refractivity contribution in [1.29, 1.82) is 0 Å². The highest BCUT2D eigenvalue weighted by Crippen LogP contribution is 2.21. The number of halogens is 1. The molecular weight excluding hydrogens is 288 g/mol. The van der Waals surface area contributed by atoms with Gasteiger partial charge in [0.05, 0.1) is 12.0 Å². The zero-order valence-electron chi connectivity index (χ0n) is 11.0. The Bertz CT molecular complexity index is 528. The normalized spacial score (nSPS) is 18.9. The highest BCUT2D eigenvalue weighted by Gasteiger charge is 2.22. The van der Waals surface area contributed by atoms with Gasteiger partial charge in [0.1, 0.15) is 5.75 Å². The maximum atomic E-state index is 12.2. The van der Waals surface area contributed by atoms with Gasteiger partial charge in [-0.1, -0.05) is 0 Å². The average molecular weight is 307 g/mol. The molecule has 108 valence electrons. The summed E-state index contributed by atoms with van der Waals surface area (Å²) >= 11 is 0. The van der Waals surface area contributed by atoms with Gasteiger partial charge in [-0.05, 0) is 43.7 Å². The summed E-state index contributed by atoms with van der Waals surface area (Å²) in [5, 5.41) is 3.13. The topological polar surface area (TPSA) is 67.4 Å². The summed E-state index contributed by atoms with van der Waals surface area (Å²) in [5.74, 6) is 0.691. The summed E-state index contributed by atoms with van der Waals surface area (Å²) in [5.41, 5.74) is 0.810. The number of aryl methyl sites for hydroxylation is 1. The van der Waals surface area contributed by atoms with Crippen molar-refractivity contribution in [1.82, 2.24) is 10.0 Å². The van der Waals surface area contributed by atoms with Crippen molar-refractivity contribution in [2.24, 2.45) is 0 Å². The van der Waals surface area contributed by atoms with Gasteiger partial charge in [0.2, 0.25) is 10.0 Å². The van der Waals surface area contributed by atoms with E-state index in [1.165, 1.54) is 0 Å². The Labute approximate surface area is 120 Å². The van der Waals surface area contributed by atoms with E-state index >= 15 is 0 Å². The van der Waals surface area contributed by atoms with Gasteiger partial charge in [-0.3, -0.25) is 0 Å². The number of ether oxygens (including phenoxy) is 1. The van der Waals surface area contributed by atoms with E-state index in [0.717, 1.165) is 18.5 Å². The molecule has 19 heavy (non-hydrogen) atoms. The molecule has 1 atom stereocenters. The SMILES string of the molecule is COc1ccc(S(=O)(=O)NC2CCNC2)cc1C.Cl. The molecule has 1 fully saturated rings. The van der Waals surface area contributed by atoms with Crippen molar-refractivity contribution in [3.8, 4) is 5.75 Å². The lowest BCUT2D eigenvalue weighted by atomic mass is 10.2. The van der Waals surface area contributed by atoms with Crippen molar-refractivity contribution >= 4 is 22.4 Å². The Morgan fingerprint density at radius 1 is 1.42 bits per heavy atom. The average Bonchev–Trinajstić information content (AvgIpc) is 2.81. The van der Waals surface area contributed by atoms with E-state index in [2.05, 4.69) is 10.0 Å². The van der Waals surface area contributed by atoms with Crippen LogP contribution in [-0.4, -0.2) is 34.7 Å². The first-order valence-electron chi connectivity index (χ1n) is 5.90. The minimum Gasteiger partial charge on any atom is -0.496 e. The molecule has 1 aliphatic rings. The van der Waals surface area contributed by atoms with E-state index in [0.29, 0.717) is 12.3 Å². The molecule has 0 bridgehead atoms. The van der Waals surface area contributed by atoms with Crippen LogP contribution < -0.4 is 14.8 Å². The standard InChI is InChI=1S/C12H18N2O3S.ClH/c1-9-7-11(3-4-12(9)17-2)18(15,16)14-10-5-6-13-8-10;/h3-4,7,10,13-14H,5-6,8H2,1-2H3;1H. The van der Waals surface area contributed by atoms with Crippen molar-refractivity contribution in [3.63, 3.8) is 0 Å². The third kappa shape index (κ3) is 3.82. The molecule has 2 rings (SSSR count). The predicted octanol–water partition coefficient (Wildman–Crippen LogP) is 1.07. The maximum absolute atomic E-state index is 12.2. The summed E-state index contributed by atoms with van der Waals surface area (Å²) in [6.07, 6.45) is 0.828. The van der Waals surface area contributed by atoms with Crippen LogP contribution in [0.3, 0.4) is 0 Å². The molecule has 0 amide bonds. The molecule has 1 aliphatic heterocycles. The molecule has 0 saturated carbocycles. The van der Waals surface area contributed by atoms with E-state index in [-0.39, 0.29) is 23.3 Å². The summed E-state index contributed by atoms with van der Waals surface area (Å²) < 4.78 is 32.1. The molecule has 5 nitrogen and oxygen atoms in total. The van der Waals surface area contributed by atoms with Crippen LogP contribution >= 0.6 is 12.4 Å². The fourth-order valence-electron chi connectivity index (χ4n) is 2.06. The molecule has 2 N–H and O–H groups in total. The molecule has 1 unspecified atom stereocenters. The van der Waals surface area contributed by atoms with E-state index in [1.54, 1.807) is 25.3 Å². The third-order valence-electron chi connectivity index (χ3n) is 3.06. The minimum atomic E-state index is -3.44. The van der Waals surface area contributed by atoms with Crippen molar-refractivity contribution in [2.75, 3.05) is 20.2 Å². The van der Waals surface area contributed by atoms with E-state index in [4.69, 9.17) is 4.74 Å². The number of hydrogen-bond acceptors (Lipinski definition) is 4. The highest BCUT2D eigenvalue weighted by atomic mass is 35.5. The monoisotopic (exact) mass is 306 g/mol. The first kappa shape index (κ1) is 16.2. The molecule has 1 aromatic carbocycles. The highest BCUT2D eigenvalue weighted by molar-refractivity contribution is 7.89. The van der Waals surface area contributed by atoms with Gasteiger partial charge < -0.3 is 10.1 Å². The van der Waals surface area contributed by atoms with E-state index in [1.807, 2.05) is 6.92 Å². The predicted molar refractivity (Wildman–Crippen MR) is 76.6 cm³/mol. The zero-order valence-corrected chi connectivity index (χ0v) is 12.6. The second kappa shape index (κ2) is 6.56. The summed E-state index contributed by atoms with van der Waals surface area (Å²) in [6.45, 7) is 3.37. The van der Waals surface area contributed by atoms with Gasteiger partial charge in [0, 0.05) is 12.6 Å². The smallest absolute Gasteiger partial charge is 0.240 e. The van der Waals surface area contributed by atoms with Crippen LogP contribution in [0.5, 0.6) is 5.75 Å². The lowest BCUT2D eigenvalue weighted by molar-refractivity contribution is 0.411. The number of rotatable bonds is 4. The van der Waals surface area contributed by atoms with E-state index < -0.39 is 10.0 Å². The number of nitrogens with one attached hydrogen (secondary N) is 2. The van der Waals surface area contributed by atoms with Gasteiger partial charge in [-0.2, -0.15) is 0 Å². The molecule has 1 heterocycles. The number of benzene rings is 1. The Morgan fingerprint density at radius 2 is 2.16 bits per heavy atom. The van der Waals surface area contributed by atoms with Crippen molar-refractivity contribution < 1.29 is 13.2 Å². The largest absolute Gasteiger partial charge is 0.496 e. The molecule has 7 heteroatoms. The van der Waals surface area contributed by atoms with Crippen LogP contribution in [0.2, 0.25) is 0 Å². The lowest BCUT2D eigenvalue weighted by Crippen LogP contribution is -2.36. The number of methoxy groups -OCH3 is 1. The fourth-order valence-corrected chi connectivity index (χ4v) is 3.42. The molecule has 0 radical (unpaired) electrons. The minimum absolute atomic E-state index is 0. The van der Waals surface area contributed by atoms with Gasteiger partial charge in [-0.25, -0.2) is 13.1 Å². The molecule has 1 aromatic rings. The first-order valence-corrected chi connectivity index (χ1v) is 7.39. The van der Waals surface area contributed by atoms with Crippen LogP contribution in [0.25, 0.3) is 0 Å². The first-order chi connectivity index (χ1) is 8.53. The van der Waals surface area contributed by atoms with Gasteiger partial charge in [-0.15, -0.1) is 12.4 Å². The Kier molecular flexibility index (Phi) is 5.61. The van der Waals surface area contributed by atoms with Crippen molar-refractivity contribution in [2.45, 2.75) is 24.3 Å². The molecule has 0 spiro atoms. The molecule has 1 saturated heterocycles. The van der Waals surface area contributed by atoms with Crippen LogP contribution in [0.4, 0.5) is 0 Å². The van der Waals surface area contributed by atoms with Crippen LogP contribution in [0.1, 0.15) is 12.0 Å². The Morgan fingerprint density at radius 3 is 2.68 bits per heavy atom. The summed E-state index contributed by atoms with van der Waals surface area (Å²) in [4.78, 5) is 0.285. The molecule has 0 aliphatic carbocycles. The van der Waals surface area contributed by atoms with Crippen molar-refractivity contribution in [3.05, 3.63) is 23.8 Å². The number of hydrogen-bond donors (Lipinski definition) is 2. The van der Waals surface area contributed by atoms with Gasteiger partial charge >= 0.3 is 0 Å². The Balaban J connectivity index is 0.00000180. The van der Waals surface area contributed by atoms with Crippen LogP contribution in [0, 0.1) is 6.92 Å².